The van der Waals surface area contributed by atoms with Crippen LogP contribution in [-0.2, 0) is 4.79 Å². The lowest BCUT2D eigenvalue weighted by atomic mass is 9.86. The highest BCUT2D eigenvalue weighted by atomic mass is 16.2. The van der Waals surface area contributed by atoms with Gasteiger partial charge in [-0.05, 0) is 63.6 Å². The lowest BCUT2D eigenvalue weighted by molar-refractivity contribution is -0.132. The molecule has 0 saturated carbocycles. The van der Waals surface area contributed by atoms with Crippen molar-refractivity contribution in [3.8, 4) is 0 Å². The summed E-state index contributed by atoms with van der Waals surface area (Å²) in [6.07, 6.45) is 8.14. The number of amides is 1. The summed E-state index contributed by atoms with van der Waals surface area (Å²) in [7, 11) is 0. The van der Waals surface area contributed by atoms with Gasteiger partial charge in [0, 0.05) is 19.5 Å². The molecule has 2 heterocycles. The van der Waals surface area contributed by atoms with Gasteiger partial charge in [-0.25, -0.2) is 0 Å². The molecule has 0 aromatic heterocycles. The fraction of sp³-hybridized carbons (Fsp3) is 0.947. The van der Waals surface area contributed by atoms with Crippen LogP contribution in [0.4, 0.5) is 0 Å². The summed E-state index contributed by atoms with van der Waals surface area (Å²) < 4.78 is 0. The van der Waals surface area contributed by atoms with Gasteiger partial charge in [0.15, 0.2) is 0 Å². The molecule has 0 unspecified atom stereocenters. The Morgan fingerprint density at radius 2 is 1.59 bits per heavy atom. The number of nitrogens with zero attached hydrogens (tertiary/aromatic N) is 2. The molecule has 0 aliphatic carbocycles. The van der Waals surface area contributed by atoms with E-state index in [2.05, 4.69) is 37.5 Å². The minimum atomic E-state index is 0.390. The van der Waals surface area contributed by atoms with Gasteiger partial charge in [-0.3, -0.25) is 4.79 Å². The predicted octanol–water partition coefficient (Wildman–Crippen LogP) is 4.17. The van der Waals surface area contributed by atoms with E-state index in [0.717, 1.165) is 44.3 Å². The first-order valence-corrected chi connectivity index (χ1v) is 9.58. The third kappa shape index (κ3) is 7.13. The van der Waals surface area contributed by atoms with Crippen LogP contribution in [0.25, 0.3) is 0 Å². The molecule has 0 N–H and O–H groups in total. The van der Waals surface area contributed by atoms with E-state index >= 15 is 0 Å². The van der Waals surface area contributed by atoms with Crippen LogP contribution in [0.15, 0.2) is 0 Å². The SMILES string of the molecule is CC(C)C1CCN(C(=O)CCCN2CCCC2)CC1.CCC. The average molecular weight is 311 g/mol. The molecule has 2 rings (SSSR count). The summed E-state index contributed by atoms with van der Waals surface area (Å²) in [6.45, 7) is 14.4. The number of hydrogen-bond acceptors (Lipinski definition) is 2. The van der Waals surface area contributed by atoms with Gasteiger partial charge in [0.25, 0.3) is 0 Å². The van der Waals surface area contributed by atoms with Crippen molar-refractivity contribution in [2.75, 3.05) is 32.7 Å². The normalized spacial score (nSPS) is 20.1. The molecule has 22 heavy (non-hydrogen) atoms. The number of piperidine rings is 1. The summed E-state index contributed by atoms with van der Waals surface area (Å²) in [5, 5.41) is 0. The zero-order chi connectivity index (χ0) is 16.4. The smallest absolute Gasteiger partial charge is 0.222 e. The minimum absolute atomic E-state index is 0.390. The molecule has 0 radical (unpaired) electrons. The number of carbonyl (C=O) groups excluding carboxylic acids is 1. The first-order valence-electron chi connectivity index (χ1n) is 9.58. The lowest BCUT2D eigenvalue weighted by Crippen LogP contribution is -2.39. The quantitative estimate of drug-likeness (QED) is 0.761. The van der Waals surface area contributed by atoms with Gasteiger partial charge in [0.05, 0.1) is 0 Å². The van der Waals surface area contributed by atoms with Crippen molar-refractivity contribution in [1.82, 2.24) is 9.80 Å². The van der Waals surface area contributed by atoms with E-state index in [4.69, 9.17) is 0 Å². The maximum Gasteiger partial charge on any atom is 0.222 e. The Hall–Kier alpha value is -0.570. The second kappa shape index (κ2) is 11.0. The molecule has 130 valence electrons. The lowest BCUT2D eigenvalue weighted by Gasteiger charge is -2.34. The van der Waals surface area contributed by atoms with Crippen LogP contribution in [0.1, 0.15) is 72.6 Å². The third-order valence-corrected chi connectivity index (χ3v) is 4.90. The molecule has 0 spiro atoms. The largest absolute Gasteiger partial charge is 0.343 e. The van der Waals surface area contributed by atoms with Crippen molar-refractivity contribution < 1.29 is 4.79 Å². The second-order valence-electron chi connectivity index (χ2n) is 7.32. The van der Waals surface area contributed by atoms with Gasteiger partial charge >= 0.3 is 0 Å². The summed E-state index contributed by atoms with van der Waals surface area (Å²) >= 11 is 0. The van der Waals surface area contributed by atoms with Crippen LogP contribution in [0.3, 0.4) is 0 Å². The van der Waals surface area contributed by atoms with Gasteiger partial charge in [-0.1, -0.05) is 34.1 Å². The van der Waals surface area contributed by atoms with Crippen molar-refractivity contribution in [3.05, 3.63) is 0 Å². The Morgan fingerprint density at radius 3 is 2.09 bits per heavy atom. The maximum atomic E-state index is 12.2. The zero-order valence-electron chi connectivity index (χ0n) is 15.4. The molecule has 0 aromatic rings. The Labute approximate surface area is 138 Å². The van der Waals surface area contributed by atoms with E-state index in [9.17, 15) is 4.79 Å². The first kappa shape index (κ1) is 19.5. The Bertz CT molecular complexity index is 290. The maximum absolute atomic E-state index is 12.2. The Kier molecular flexibility index (Phi) is 9.77. The minimum Gasteiger partial charge on any atom is -0.343 e. The van der Waals surface area contributed by atoms with Gasteiger partial charge in [-0.2, -0.15) is 0 Å². The monoisotopic (exact) mass is 310 g/mol. The first-order chi connectivity index (χ1) is 10.6. The Balaban J connectivity index is 0.000000745. The summed E-state index contributed by atoms with van der Waals surface area (Å²) in [6, 6.07) is 0. The van der Waals surface area contributed by atoms with E-state index in [1.54, 1.807) is 0 Å². The van der Waals surface area contributed by atoms with Gasteiger partial charge in [0.1, 0.15) is 0 Å². The van der Waals surface area contributed by atoms with Crippen LogP contribution >= 0.6 is 0 Å². The zero-order valence-corrected chi connectivity index (χ0v) is 15.4. The highest BCUT2D eigenvalue weighted by Gasteiger charge is 2.24. The van der Waals surface area contributed by atoms with Crippen molar-refractivity contribution in [2.45, 2.75) is 72.6 Å². The topological polar surface area (TPSA) is 23.6 Å². The van der Waals surface area contributed by atoms with Crippen LogP contribution in [0.5, 0.6) is 0 Å². The number of likely N-dealkylation sites (tertiary alicyclic amines) is 2. The van der Waals surface area contributed by atoms with Crippen molar-refractivity contribution >= 4 is 5.91 Å². The molecule has 2 fully saturated rings. The van der Waals surface area contributed by atoms with Crippen LogP contribution in [-0.4, -0.2) is 48.4 Å². The van der Waals surface area contributed by atoms with Crippen LogP contribution < -0.4 is 0 Å². The summed E-state index contributed by atoms with van der Waals surface area (Å²) in [5.74, 6) is 1.99. The standard InChI is InChI=1S/C16H30N2O.C3H8/c1-14(2)15-7-12-18(13-8-15)16(19)6-5-11-17-9-3-4-10-17;1-3-2/h14-15H,3-13H2,1-2H3;3H2,1-2H3. The number of rotatable bonds is 5. The fourth-order valence-corrected chi connectivity index (χ4v) is 3.43. The van der Waals surface area contributed by atoms with E-state index in [0.29, 0.717) is 5.91 Å². The van der Waals surface area contributed by atoms with Crippen molar-refractivity contribution in [2.24, 2.45) is 11.8 Å². The molecule has 0 aromatic carbocycles. The highest BCUT2D eigenvalue weighted by Crippen LogP contribution is 2.24. The molecule has 3 nitrogen and oxygen atoms in total. The number of hydrogen-bond donors (Lipinski definition) is 0. The van der Waals surface area contributed by atoms with Gasteiger partial charge in [-0.15, -0.1) is 0 Å². The summed E-state index contributed by atoms with van der Waals surface area (Å²) in [4.78, 5) is 16.8. The molecule has 3 heteroatoms. The van der Waals surface area contributed by atoms with E-state index in [-0.39, 0.29) is 0 Å². The molecule has 2 aliphatic rings. The molecule has 0 bridgehead atoms. The highest BCUT2D eigenvalue weighted by molar-refractivity contribution is 5.76. The van der Waals surface area contributed by atoms with Crippen LogP contribution in [0.2, 0.25) is 0 Å². The van der Waals surface area contributed by atoms with E-state index < -0.39 is 0 Å². The molecule has 2 saturated heterocycles. The van der Waals surface area contributed by atoms with E-state index in [1.165, 1.54) is 45.2 Å². The fourth-order valence-electron chi connectivity index (χ4n) is 3.43. The molecule has 2 aliphatic heterocycles. The van der Waals surface area contributed by atoms with E-state index in [1.807, 2.05) is 0 Å². The molecule has 1 amide bonds. The van der Waals surface area contributed by atoms with Crippen molar-refractivity contribution in [1.29, 1.82) is 0 Å². The third-order valence-electron chi connectivity index (χ3n) is 4.90. The van der Waals surface area contributed by atoms with Crippen molar-refractivity contribution in [3.63, 3.8) is 0 Å². The summed E-state index contributed by atoms with van der Waals surface area (Å²) in [5.41, 5.74) is 0. The molecular weight excluding hydrogens is 272 g/mol. The van der Waals surface area contributed by atoms with Gasteiger partial charge in [0.2, 0.25) is 5.91 Å². The Morgan fingerprint density at radius 1 is 1.05 bits per heavy atom. The average Bonchev–Trinajstić information content (AvgIpc) is 3.01. The van der Waals surface area contributed by atoms with Crippen LogP contribution in [0, 0.1) is 11.8 Å². The predicted molar refractivity (Wildman–Crippen MR) is 95.0 cm³/mol. The number of carbonyl (C=O) groups is 1. The molecule has 0 atom stereocenters. The van der Waals surface area contributed by atoms with Gasteiger partial charge < -0.3 is 9.80 Å². The second-order valence-corrected chi connectivity index (χ2v) is 7.32. The molecular formula is C19H38N2O.